The van der Waals surface area contributed by atoms with Gasteiger partial charge in [0, 0.05) is 31.4 Å². The van der Waals surface area contributed by atoms with Gasteiger partial charge in [0.2, 0.25) is 5.91 Å². The summed E-state index contributed by atoms with van der Waals surface area (Å²) in [6.07, 6.45) is 2.58. The number of fused-ring (bicyclic) bond motifs is 1. The van der Waals surface area contributed by atoms with Crippen molar-refractivity contribution in [2.45, 2.75) is 38.6 Å². The highest BCUT2D eigenvalue weighted by atomic mass is 16.4. The number of hydrogen-bond donors (Lipinski definition) is 2. The minimum absolute atomic E-state index is 0.0724. The van der Waals surface area contributed by atoms with Crippen LogP contribution in [0.1, 0.15) is 32.1 Å². The quantitative estimate of drug-likeness (QED) is 0.724. The molecule has 0 aliphatic heterocycles. The van der Waals surface area contributed by atoms with Gasteiger partial charge in [0.15, 0.2) is 0 Å². The Labute approximate surface area is 155 Å². The summed E-state index contributed by atoms with van der Waals surface area (Å²) in [4.78, 5) is 50.1. The molecule has 1 aliphatic rings. The molecule has 2 N–H and O–H groups in total. The van der Waals surface area contributed by atoms with E-state index in [4.69, 9.17) is 0 Å². The average molecular weight is 372 g/mol. The summed E-state index contributed by atoms with van der Waals surface area (Å²) in [6.45, 7) is 0.404. The van der Waals surface area contributed by atoms with E-state index in [1.807, 2.05) is 0 Å². The van der Waals surface area contributed by atoms with Crippen LogP contribution in [0.15, 0.2) is 33.9 Å². The lowest BCUT2D eigenvalue weighted by Crippen LogP contribution is -2.39. The topological polar surface area (TPSA) is 124 Å². The van der Waals surface area contributed by atoms with Crippen molar-refractivity contribution in [2.24, 2.45) is 11.8 Å². The maximum Gasteiger partial charge on any atom is 0.328 e. The monoisotopic (exact) mass is 372 g/mol. The van der Waals surface area contributed by atoms with Crippen LogP contribution in [0.2, 0.25) is 0 Å². The van der Waals surface area contributed by atoms with Gasteiger partial charge in [0.1, 0.15) is 0 Å². The molecule has 8 nitrogen and oxygen atoms in total. The molecule has 27 heavy (non-hydrogen) atoms. The molecule has 0 atom stereocenters. The first-order valence-electron chi connectivity index (χ1n) is 9.15. The molecule has 0 spiro atoms. The van der Waals surface area contributed by atoms with Crippen molar-refractivity contribution in [1.29, 1.82) is 0 Å². The van der Waals surface area contributed by atoms with Crippen LogP contribution in [0.4, 0.5) is 0 Å². The van der Waals surface area contributed by atoms with E-state index in [-0.39, 0.29) is 36.3 Å². The van der Waals surface area contributed by atoms with Crippen molar-refractivity contribution in [2.75, 3.05) is 6.54 Å². The van der Waals surface area contributed by atoms with Crippen LogP contribution in [0, 0.1) is 11.8 Å². The average Bonchev–Trinajstić information content (AvgIpc) is 2.65. The van der Waals surface area contributed by atoms with Crippen LogP contribution in [0.25, 0.3) is 10.9 Å². The van der Waals surface area contributed by atoms with Crippen molar-refractivity contribution >= 4 is 22.8 Å². The molecule has 1 fully saturated rings. The van der Waals surface area contributed by atoms with Crippen molar-refractivity contribution in [3.05, 3.63) is 45.1 Å². The molecular formula is C19H22N3O5-. The van der Waals surface area contributed by atoms with Crippen LogP contribution in [-0.4, -0.2) is 28.0 Å². The Bertz CT molecular complexity index is 954. The van der Waals surface area contributed by atoms with Crippen molar-refractivity contribution < 1.29 is 14.7 Å². The van der Waals surface area contributed by atoms with Crippen molar-refractivity contribution in [1.82, 2.24) is 14.9 Å². The number of benzene rings is 1. The molecule has 2 aromatic rings. The second-order valence-corrected chi connectivity index (χ2v) is 7.02. The Kier molecular flexibility index (Phi) is 5.73. The van der Waals surface area contributed by atoms with Gasteiger partial charge in [-0.2, -0.15) is 0 Å². The zero-order valence-electron chi connectivity index (χ0n) is 14.9. The van der Waals surface area contributed by atoms with Gasteiger partial charge < -0.3 is 20.2 Å². The van der Waals surface area contributed by atoms with E-state index >= 15 is 0 Å². The fourth-order valence-corrected chi connectivity index (χ4v) is 3.66. The first-order chi connectivity index (χ1) is 13.0. The minimum Gasteiger partial charge on any atom is -0.550 e. The fourth-order valence-electron chi connectivity index (χ4n) is 3.66. The standard InChI is InChI=1S/C19H23N3O5/c23-16(24)9-10-20-17(25)13-7-5-12(6-8-13)11-22-18(26)14-3-1-2-4-15(14)21-19(22)27/h1-4,12-13H,5-11H2,(H,20,25)(H,21,27)(H,23,24)/p-1. The van der Waals surface area contributed by atoms with E-state index in [1.54, 1.807) is 24.3 Å². The highest BCUT2D eigenvalue weighted by molar-refractivity contribution is 5.79. The molecule has 3 rings (SSSR count). The van der Waals surface area contributed by atoms with Gasteiger partial charge in [-0.05, 0) is 43.7 Å². The maximum absolute atomic E-state index is 12.6. The number of rotatable bonds is 6. The second-order valence-electron chi connectivity index (χ2n) is 7.02. The number of aromatic nitrogens is 2. The van der Waals surface area contributed by atoms with E-state index in [9.17, 15) is 24.3 Å². The van der Waals surface area contributed by atoms with Crippen LogP contribution >= 0.6 is 0 Å². The predicted molar refractivity (Wildman–Crippen MR) is 96.9 cm³/mol. The third kappa shape index (κ3) is 4.45. The summed E-state index contributed by atoms with van der Waals surface area (Å²) in [7, 11) is 0. The van der Waals surface area contributed by atoms with E-state index in [0.717, 1.165) is 12.8 Å². The maximum atomic E-state index is 12.6. The van der Waals surface area contributed by atoms with E-state index in [0.29, 0.717) is 30.3 Å². The molecular weight excluding hydrogens is 350 g/mol. The number of carboxylic acids is 1. The zero-order valence-corrected chi connectivity index (χ0v) is 14.9. The number of carbonyl (C=O) groups excluding carboxylic acids is 2. The van der Waals surface area contributed by atoms with Gasteiger partial charge in [-0.25, -0.2) is 4.79 Å². The van der Waals surface area contributed by atoms with E-state index in [1.165, 1.54) is 4.57 Å². The van der Waals surface area contributed by atoms with E-state index in [2.05, 4.69) is 10.3 Å². The lowest BCUT2D eigenvalue weighted by Gasteiger charge is -2.28. The van der Waals surface area contributed by atoms with Gasteiger partial charge in [-0.15, -0.1) is 0 Å². The van der Waals surface area contributed by atoms with Crippen LogP contribution in [-0.2, 0) is 16.1 Å². The lowest BCUT2D eigenvalue weighted by molar-refractivity contribution is -0.305. The van der Waals surface area contributed by atoms with E-state index < -0.39 is 11.7 Å². The molecule has 1 heterocycles. The summed E-state index contributed by atoms with van der Waals surface area (Å²) >= 11 is 0. The normalized spacial score (nSPS) is 19.7. The molecule has 1 amide bonds. The number of aromatic amines is 1. The molecule has 0 unspecified atom stereocenters. The molecule has 1 saturated carbocycles. The number of para-hydroxylation sites is 1. The Balaban J connectivity index is 1.61. The Morgan fingerprint density at radius 3 is 2.56 bits per heavy atom. The summed E-state index contributed by atoms with van der Waals surface area (Å²) < 4.78 is 1.24. The SMILES string of the molecule is O=C([O-])CCNC(=O)C1CCC(Cn2c(=O)[nH]c3ccccc3c2=O)CC1. The number of carbonyl (C=O) groups is 2. The molecule has 0 saturated heterocycles. The summed E-state index contributed by atoms with van der Waals surface area (Å²) in [5, 5.41) is 13.5. The molecule has 0 bridgehead atoms. The van der Waals surface area contributed by atoms with Crippen LogP contribution in [0.5, 0.6) is 0 Å². The molecule has 1 aliphatic carbocycles. The largest absolute Gasteiger partial charge is 0.550 e. The van der Waals surface area contributed by atoms with Gasteiger partial charge in [-0.1, -0.05) is 12.1 Å². The number of carboxylic acid groups (broad SMARTS) is 1. The minimum atomic E-state index is -1.19. The van der Waals surface area contributed by atoms with Crippen LogP contribution in [0.3, 0.4) is 0 Å². The van der Waals surface area contributed by atoms with Crippen molar-refractivity contribution in [3.63, 3.8) is 0 Å². The summed E-state index contributed by atoms with van der Waals surface area (Å²) in [6, 6.07) is 6.92. The molecule has 1 aromatic carbocycles. The smallest absolute Gasteiger partial charge is 0.328 e. The van der Waals surface area contributed by atoms with Gasteiger partial charge in [0.05, 0.1) is 10.9 Å². The number of hydrogen-bond acceptors (Lipinski definition) is 5. The second kappa shape index (κ2) is 8.20. The highest BCUT2D eigenvalue weighted by Gasteiger charge is 2.27. The van der Waals surface area contributed by atoms with Gasteiger partial charge >= 0.3 is 5.69 Å². The molecule has 0 radical (unpaired) electrons. The van der Waals surface area contributed by atoms with Crippen LogP contribution < -0.4 is 21.7 Å². The Hall–Kier alpha value is -2.90. The third-order valence-corrected chi connectivity index (χ3v) is 5.18. The molecule has 1 aromatic heterocycles. The molecule has 144 valence electrons. The highest BCUT2D eigenvalue weighted by Crippen LogP contribution is 2.29. The molecule has 8 heteroatoms. The summed E-state index contributed by atoms with van der Waals surface area (Å²) in [5.41, 5.74) is -0.182. The first kappa shape index (κ1) is 18.9. The Morgan fingerprint density at radius 2 is 1.85 bits per heavy atom. The Morgan fingerprint density at radius 1 is 1.15 bits per heavy atom. The number of amides is 1. The third-order valence-electron chi connectivity index (χ3n) is 5.18. The van der Waals surface area contributed by atoms with Gasteiger partial charge in [0.25, 0.3) is 5.56 Å². The first-order valence-corrected chi connectivity index (χ1v) is 9.15. The fraction of sp³-hybridized carbons (Fsp3) is 0.474. The number of nitrogens with zero attached hydrogens (tertiary/aromatic N) is 1. The van der Waals surface area contributed by atoms with Gasteiger partial charge in [-0.3, -0.25) is 14.2 Å². The van der Waals surface area contributed by atoms with Crippen molar-refractivity contribution in [3.8, 4) is 0 Å². The number of aliphatic carboxylic acids is 1. The number of H-pyrrole nitrogens is 1. The lowest BCUT2D eigenvalue weighted by atomic mass is 9.81. The number of nitrogens with one attached hydrogen (secondary N) is 2. The zero-order chi connectivity index (χ0) is 19.4. The predicted octanol–water partition coefficient (Wildman–Crippen LogP) is -0.248. The summed E-state index contributed by atoms with van der Waals surface area (Å²) in [5.74, 6) is -1.34.